The predicted octanol–water partition coefficient (Wildman–Crippen LogP) is 3.83. The number of nitrogens with zero attached hydrogens (tertiary/aromatic N) is 1. The zero-order valence-electron chi connectivity index (χ0n) is 10.7. The number of fused-ring (bicyclic) bond motifs is 1. The molecule has 3 nitrogen and oxygen atoms in total. The van der Waals surface area contributed by atoms with Crippen molar-refractivity contribution in [3.05, 3.63) is 47.3 Å². The molecule has 0 spiro atoms. The van der Waals surface area contributed by atoms with Gasteiger partial charge >= 0.3 is 0 Å². The summed E-state index contributed by atoms with van der Waals surface area (Å²) >= 11 is 0. The summed E-state index contributed by atoms with van der Waals surface area (Å²) < 4.78 is 19.2. The third-order valence-electron chi connectivity index (χ3n) is 3.24. The summed E-state index contributed by atoms with van der Waals surface area (Å²) in [6, 6.07) is 8.64. The topological polar surface area (TPSA) is 52.0 Å². The standard InChI is InChI=1S/C15H13FN2O/c1-8-3-4-10(12(16)5-8)15-11-6-9(2)13(17)7-14(11)19-18-15/h3-7H,17H2,1-2H3. The van der Waals surface area contributed by atoms with E-state index in [1.165, 1.54) is 6.07 Å². The normalized spacial score (nSPS) is 11.1. The lowest BCUT2D eigenvalue weighted by Gasteiger charge is -2.02. The smallest absolute Gasteiger partial charge is 0.169 e. The van der Waals surface area contributed by atoms with Gasteiger partial charge in [0.1, 0.15) is 11.5 Å². The Morgan fingerprint density at radius 3 is 2.68 bits per heavy atom. The maximum atomic E-state index is 14.0. The van der Waals surface area contributed by atoms with Crippen molar-refractivity contribution in [2.75, 3.05) is 5.73 Å². The first kappa shape index (κ1) is 11.7. The molecule has 0 atom stereocenters. The van der Waals surface area contributed by atoms with E-state index >= 15 is 0 Å². The quantitative estimate of drug-likeness (QED) is 0.673. The van der Waals surface area contributed by atoms with Gasteiger partial charge in [0.2, 0.25) is 0 Å². The van der Waals surface area contributed by atoms with Crippen LogP contribution in [0.25, 0.3) is 22.2 Å². The number of anilines is 1. The van der Waals surface area contributed by atoms with Gasteiger partial charge in [0.15, 0.2) is 5.58 Å². The van der Waals surface area contributed by atoms with E-state index in [-0.39, 0.29) is 5.82 Å². The minimum atomic E-state index is -0.301. The number of hydrogen-bond donors (Lipinski definition) is 1. The molecule has 2 aromatic carbocycles. The van der Waals surface area contributed by atoms with Crippen LogP contribution in [-0.4, -0.2) is 5.16 Å². The maximum absolute atomic E-state index is 14.0. The molecule has 0 amide bonds. The summed E-state index contributed by atoms with van der Waals surface area (Å²) in [6.07, 6.45) is 0. The Labute approximate surface area is 109 Å². The number of aromatic nitrogens is 1. The summed E-state index contributed by atoms with van der Waals surface area (Å²) in [5.74, 6) is -0.301. The number of nitrogen functional groups attached to an aromatic ring is 1. The number of benzene rings is 2. The number of rotatable bonds is 1. The van der Waals surface area contributed by atoms with E-state index in [4.69, 9.17) is 10.3 Å². The first-order valence-corrected chi connectivity index (χ1v) is 5.98. The van der Waals surface area contributed by atoms with Crippen molar-refractivity contribution in [3.63, 3.8) is 0 Å². The van der Waals surface area contributed by atoms with Crippen LogP contribution in [0.4, 0.5) is 10.1 Å². The van der Waals surface area contributed by atoms with Crippen molar-refractivity contribution >= 4 is 16.7 Å². The third kappa shape index (κ3) is 1.85. The Hall–Kier alpha value is -2.36. The van der Waals surface area contributed by atoms with Gasteiger partial charge < -0.3 is 10.3 Å². The van der Waals surface area contributed by atoms with Gasteiger partial charge in [-0.15, -0.1) is 0 Å². The minimum Gasteiger partial charge on any atom is -0.398 e. The highest BCUT2D eigenvalue weighted by Gasteiger charge is 2.15. The second-order valence-electron chi connectivity index (χ2n) is 4.72. The van der Waals surface area contributed by atoms with Crippen molar-refractivity contribution in [2.45, 2.75) is 13.8 Å². The molecule has 0 radical (unpaired) electrons. The monoisotopic (exact) mass is 256 g/mol. The van der Waals surface area contributed by atoms with Crippen LogP contribution in [-0.2, 0) is 0 Å². The summed E-state index contributed by atoms with van der Waals surface area (Å²) in [5, 5.41) is 4.74. The Morgan fingerprint density at radius 2 is 1.95 bits per heavy atom. The van der Waals surface area contributed by atoms with Crippen LogP contribution in [0.2, 0.25) is 0 Å². The molecule has 0 saturated heterocycles. The molecule has 3 aromatic rings. The fraction of sp³-hybridized carbons (Fsp3) is 0.133. The van der Waals surface area contributed by atoms with Gasteiger partial charge in [0, 0.05) is 17.3 Å². The molecular weight excluding hydrogens is 243 g/mol. The molecule has 96 valence electrons. The van der Waals surface area contributed by atoms with E-state index in [1.54, 1.807) is 12.1 Å². The lowest BCUT2D eigenvalue weighted by Crippen LogP contribution is -1.89. The van der Waals surface area contributed by atoms with E-state index in [1.807, 2.05) is 26.0 Å². The molecule has 2 N–H and O–H groups in total. The zero-order valence-corrected chi connectivity index (χ0v) is 10.7. The van der Waals surface area contributed by atoms with E-state index in [9.17, 15) is 4.39 Å². The molecule has 0 saturated carbocycles. The van der Waals surface area contributed by atoms with Gasteiger partial charge in [-0.25, -0.2) is 4.39 Å². The van der Waals surface area contributed by atoms with E-state index in [0.717, 1.165) is 16.5 Å². The number of nitrogens with two attached hydrogens (primary N) is 1. The van der Waals surface area contributed by atoms with Crippen LogP contribution in [0.15, 0.2) is 34.9 Å². The van der Waals surface area contributed by atoms with Crippen LogP contribution < -0.4 is 5.73 Å². The molecule has 4 heteroatoms. The average Bonchev–Trinajstić information content (AvgIpc) is 2.73. The molecule has 1 heterocycles. The van der Waals surface area contributed by atoms with E-state index in [2.05, 4.69) is 5.16 Å². The Bertz CT molecular complexity index is 777. The van der Waals surface area contributed by atoms with Crippen molar-refractivity contribution in [1.29, 1.82) is 0 Å². The fourth-order valence-electron chi connectivity index (χ4n) is 2.11. The number of aryl methyl sites for hydroxylation is 2. The SMILES string of the molecule is Cc1ccc(-c2noc3cc(N)c(C)cc23)c(F)c1. The average molecular weight is 256 g/mol. The maximum Gasteiger partial charge on any atom is 0.169 e. The van der Waals surface area contributed by atoms with Crippen LogP contribution in [0.1, 0.15) is 11.1 Å². The molecule has 0 unspecified atom stereocenters. The third-order valence-corrected chi connectivity index (χ3v) is 3.24. The van der Waals surface area contributed by atoms with Crippen LogP contribution in [0.3, 0.4) is 0 Å². The molecule has 0 fully saturated rings. The van der Waals surface area contributed by atoms with E-state index < -0.39 is 0 Å². The second kappa shape index (κ2) is 4.09. The Morgan fingerprint density at radius 1 is 1.16 bits per heavy atom. The summed E-state index contributed by atoms with van der Waals surface area (Å²) in [5.41, 5.74) is 9.77. The molecule has 3 rings (SSSR count). The van der Waals surface area contributed by atoms with Gasteiger partial charge in [0.25, 0.3) is 0 Å². The van der Waals surface area contributed by atoms with Crippen LogP contribution in [0, 0.1) is 19.7 Å². The van der Waals surface area contributed by atoms with Gasteiger partial charge in [-0.05, 0) is 43.2 Å². The first-order chi connectivity index (χ1) is 9.06. The van der Waals surface area contributed by atoms with Crippen molar-refractivity contribution < 1.29 is 8.91 Å². The molecule has 0 aliphatic carbocycles. The lowest BCUT2D eigenvalue weighted by molar-refractivity contribution is 0.459. The molecule has 1 aromatic heterocycles. The molecular formula is C15H13FN2O. The van der Waals surface area contributed by atoms with Gasteiger partial charge in [-0.1, -0.05) is 11.2 Å². The fourth-order valence-corrected chi connectivity index (χ4v) is 2.11. The predicted molar refractivity (Wildman–Crippen MR) is 73.3 cm³/mol. The largest absolute Gasteiger partial charge is 0.398 e. The van der Waals surface area contributed by atoms with Gasteiger partial charge in [-0.3, -0.25) is 0 Å². The summed E-state index contributed by atoms with van der Waals surface area (Å²) in [7, 11) is 0. The van der Waals surface area contributed by atoms with Crippen molar-refractivity contribution in [1.82, 2.24) is 5.16 Å². The molecule has 19 heavy (non-hydrogen) atoms. The Kier molecular flexibility index (Phi) is 2.52. The van der Waals surface area contributed by atoms with Gasteiger partial charge in [-0.2, -0.15) is 0 Å². The summed E-state index contributed by atoms with van der Waals surface area (Å²) in [6.45, 7) is 3.75. The minimum absolute atomic E-state index is 0.301. The van der Waals surface area contributed by atoms with Gasteiger partial charge in [0.05, 0.1) is 5.39 Å². The van der Waals surface area contributed by atoms with Crippen molar-refractivity contribution in [3.8, 4) is 11.3 Å². The molecule has 0 aliphatic heterocycles. The first-order valence-electron chi connectivity index (χ1n) is 5.98. The van der Waals surface area contributed by atoms with Crippen molar-refractivity contribution in [2.24, 2.45) is 0 Å². The Balaban J connectivity index is 2.28. The van der Waals surface area contributed by atoms with Crippen LogP contribution >= 0.6 is 0 Å². The van der Waals surface area contributed by atoms with E-state index in [0.29, 0.717) is 22.5 Å². The summed E-state index contributed by atoms with van der Waals surface area (Å²) in [4.78, 5) is 0. The zero-order chi connectivity index (χ0) is 13.6. The second-order valence-corrected chi connectivity index (χ2v) is 4.72. The highest BCUT2D eigenvalue weighted by atomic mass is 19.1. The number of halogens is 1. The molecule has 0 aliphatic rings. The highest BCUT2D eigenvalue weighted by Crippen LogP contribution is 2.32. The highest BCUT2D eigenvalue weighted by molar-refractivity contribution is 5.94. The number of hydrogen-bond acceptors (Lipinski definition) is 3. The molecule has 0 bridgehead atoms. The lowest BCUT2D eigenvalue weighted by atomic mass is 10.0. The van der Waals surface area contributed by atoms with Crippen LogP contribution in [0.5, 0.6) is 0 Å².